The van der Waals surface area contributed by atoms with Gasteiger partial charge < -0.3 is 15.0 Å². The molecule has 0 atom stereocenters. The van der Waals surface area contributed by atoms with Crippen molar-refractivity contribution in [2.45, 2.75) is 81.6 Å². The molecule has 0 unspecified atom stereocenters. The molecule has 1 fully saturated rings. The number of nitrogens with one attached hydrogen (secondary N) is 3. The Labute approximate surface area is 250 Å². The lowest BCUT2D eigenvalue weighted by Crippen LogP contribution is -2.39. The van der Waals surface area contributed by atoms with Gasteiger partial charge in [-0.25, -0.2) is 8.42 Å². The molecule has 1 saturated carbocycles. The van der Waals surface area contributed by atoms with Gasteiger partial charge in [-0.05, 0) is 60.4 Å². The van der Waals surface area contributed by atoms with Gasteiger partial charge in [0.05, 0.1) is 23.3 Å². The smallest absolute Gasteiger partial charge is 0.416 e. The van der Waals surface area contributed by atoms with Gasteiger partial charge in [-0.3, -0.25) is 14.4 Å². The number of alkyl halides is 3. The molecule has 2 aliphatic rings. The second kappa shape index (κ2) is 13.0. The highest BCUT2D eigenvalue weighted by molar-refractivity contribution is 7.92. The van der Waals surface area contributed by atoms with Crippen molar-refractivity contribution in [1.29, 1.82) is 0 Å². The second-order valence-corrected chi connectivity index (χ2v) is 12.9. The van der Waals surface area contributed by atoms with Crippen LogP contribution in [0.3, 0.4) is 0 Å². The Bertz CT molecular complexity index is 1530. The largest absolute Gasteiger partial charge is 0.495 e. The maximum absolute atomic E-state index is 13.2. The molecule has 0 spiro atoms. The van der Waals surface area contributed by atoms with E-state index in [1.807, 2.05) is 6.07 Å². The van der Waals surface area contributed by atoms with Crippen molar-refractivity contribution >= 4 is 21.6 Å². The number of aromatic amines is 1. The quantitative estimate of drug-likeness (QED) is 0.277. The fraction of sp³-hybridized carbons (Fsp3) is 0.452. The van der Waals surface area contributed by atoms with Gasteiger partial charge >= 0.3 is 6.18 Å². The van der Waals surface area contributed by atoms with E-state index in [1.165, 1.54) is 64.2 Å². The van der Waals surface area contributed by atoms with Crippen LogP contribution in [0.5, 0.6) is 5.75 Å². The summed E-state index contributed by atoms with van der Waals surface area (Å²) in [5.41, 5.74) is 2.10. The van der Waals surface area contributed by atoms with Crippen LogP contribution in [-0.4, -0.2) is 43.9 Å². The SMILES string of the molecule is COc1ccc(C(F)(F)F)cc1NS(=O)(=O)c1ccc(CNC(=O)c2cc3c([nH]2)CCN(C2CCCCCCC2)C3)cc1. The van der Waals surface area contributed by atoms with Crippen LogP contribution in [0.25, 0.3) is 0 Å². The maximum Gasteiger partial charge on any atom is 0.416 e. The number of ether oxygens (including phenoxy) is 1. The molecule has 1 aliphatic carbocycles. The number of carbonyl (C=O) groups is 1. The van der Waals surface area contributed by atoms with Crippen molar-refractivity contribution in [2.24, 2.45) is 0 Å². The number of fused-ring (bicyclic) bond motifs is 1. The maximum atomic E-state index is 13.2. The molecule has 5 rings (SSSR count). The van der Waals surface area contributed by atoms with E-state index in [0.29, 0.717) is 23.4 Å². The first-order valence-corrected chi connectivity index (χ1v) is 16.1. The standard InChI is InChI=1S/C31H37F3N4O4S/c1-42-29-14-11-23(31(32,33)34)18-27(29)37-43(40,41)25-12-9-21(10-13-25)19-35-30(39)28-17-22-20-38(16-15-26(22)36-28)24-7-5-3-2-4-6-8-24/h9-14,17-18,24,36-37H,2-8,15-16,19-20H2,1H3,(H,35,39). The number of aromatic nitrogens is 1. The topological polar surface area (TPSA) is 104 Å². The lowest BCUT2D eigenvalue weighted by molar-refractivity contribution is -0.137. The fourth-order valence-electron chi connectivity index (χ4n) is 5.92. The van der Waals surface area contributed by atoms with Crippen LogP contribution in [0.15, 0.2) is 53.4 Å². The molecule has 1 aromatic heterocycles. The third kappa shape index (κ3) is 7.53. The van der Waals surface area contributed by atoms with Crippen molar-refractivity contribution in [1.82, 2.24) is 15.2 Å². The Balaban J connectivity index is 1.19. The third-order valence-electron chi connectivity index (χ3n) is 8.31. The Morgan fingerprint density at radius 1 is 1.02 bits per heavy atom. The van der Waals surface area contributed by atoms with E-state index in [1.54, 1.807) is 12.1 Å². The van der Waals surface area contributed by atoms with E-state index < -0.39 is 21.8 Å². The molecule has 0 saturated heterocycles. The van der Waals surface area contributed by atoms with Gasteiger partial charge in [-0.2, -0.15) is 13.2 Å². The van der Waals surface area contributed by atoms with E-state index in [4.69, 9.17) is 4.74 Å². The number of H-pyrrole nitrogens is 1. The summed E-state index contributed by atoms with van der Waals surface area (Å²) in [5.74, 6) is -0.295. The monoisotopic (exact) mass is 618 g/mol. The second-order valence-electron chi connectivity index (χ2n) is 11.3. The first-order chi connectivity index (χ1) is 20.5. The number of anilines is 1. The molecule has 2 aromatic carbocycles. The predicted octanol–water partition coefficient (Wildman–Crippen LogP) is 6.24. The Morgan fingerprint density at radius 3 is 2.40 bits per heavy atom. The predicted molar refractivity (Wildman–Crippen MR) is 157 cm³/mol. The molecule has 0 bridgehead atoms. The van der Waals surface area contributed by atoms with Gasteiger partial charge in [0.1, 0.15) is 11.4 Å². The Morgan fingerprint density at radius 2 is 1.72 bits per heavy atom. The zero-order valence-corrected chi connectivity index (χ0v) is 24.9. The van der Waals surface area contributed by atoms with Gasteiger partial charge in [0.2, 0.25) is 0 Å². The van der Waals surface area contributed by atoms with E-state index in [9.17, 15) is 26.4 Å². The van der Waals surface area contributed by atoms with E-state index in [0.717, 1.165) is 42.9 Å². The third-order valence-corrected chi connectivity index (χ3v) is 9.69. The first kappa shape index (κ1) is 30.9. The lowest BCUT2D eigenvalue weighted by Gasteiger charge is -2.35. The number of sulfonamides is 1. The summed E-state index contributed by atoms with van der Waals surface area (Å²) in [6.07, 6.45) is 5.24. The number of methoxy groups -OCH3 is 1. The van der Waals surface area contributed by atoms with Crippen molar-refractivity contribution in [3.05, 3.63) is 76.6 Å². The van der Waals surface area contributed by atoms with Gasteiger partial charge in [0, 0.05) is 37.8 Å². The molecule has 1 aliphatic heterocycles. The first-order valence-electron chi connectivity index (χ1n) is 14.6. The molecule has 3 N–H and O–H groups in total. The van der Waals surface area contributed by atoms with Crippen LogP contribution in [0.4, 0.5) is 18.9 Å². The summed E-state index contributed by atoms with van der Waals surface area (Å²) in [6, 6.07) is 10.9. The number of halogens is 3. The molecular weight excluding hydrogens is 581 g/mol. The fourth-order valence-corrected chi connectivity index (χ4v) is 6.98. The summed E-state index contributed by atoms with van der Waals surface area (Å²) < 4.78 is 72.5. The summed E-state index contributed by atoms with van der Waals surface area (Å²) in [7, 11) is -2.98. The average Bonchev–Trinajstić information content (AvgIpc) is 3.39. The minimum Gasteiger partial charge on any atom is -0.495 e. The zero-order chi connectivity index (χ0) is 30.6. The number of rotatable bonds is 8. The van der Waals surface area contributed by atoms with Crippen LogP contribution in [0.2, 0.25) is 0 Å². The van der Waals surface area contributed by atoms with E-state index in [2.05, 4.69) is 19.9 Å². The highest BCUT2D eigenvalue weighted by atomic mass is 32.2. The normalized spacial score (nSPS) is 17.0. The minimum atomic E-state index is -4.65. The Kier molecular flexibility index (Phi) is 9.36. The van der Waals surface area contributed by atoms with Crippen LogP contribution < -0.4 is 14.8 Å². The summed E-state index contributed by atoms with van der Waals surface area (Å²) in [6.45, 7) is 2.01. The van der Waals surface area contributed by atoms with E-state index in [-0.39, 0.29) is 28.8 Å². The van der Waals surface area contributed by atoms with Crippen molar-refractivity contribution in [2.75, 3.05) is 18.4 Å². The molecular formula is C31H37F3N4O4S. The molecule has 232 valence electrons. The zero-order valence-electron chi connectivity index (χ0n) is 24.1. The van der Waals surface area contributed by atoms with Crippen LogP contribution in [0, 0.1) is 0 Å². The van der Waals surface area contributed by atoms with Crippen LogP contribution >= 0.6 is 0 Å². The molecule has 0 radical (unpaired) electrons. The van der Waals surface area contributed by atoms with Crippen LogP contribution in [0.1, 0.15) is 77.8 Å². The number of amides is 1. The number of nitrogens with zero attached hydrogens (tertiary/aromatic N) is 1. The summed E-state index contributed by atoms with van der Waals surface area (Å²) in [5, 5.41) is 2.88. The molecule has 12 heteroatoms. The Hall–Kier alpha value is -3.51. The van der Waals surface area contributed by atoms with Crippen molar-refractivity contribution in [3.63, 3.8) is 0 Å². The number of carbonyl (C=O) groups excluding carboxylic acids is 1. The molecule has 43 heavy (non-hydrogen) atoms. The molecule has 8 nitrogen and oxygen atoms in total. The number of hydrogen-bond donors (Lipinski definition) is 3. The summed E-state index contributed by atoms with van der Waals surface area (Å²) >= 11 is 0. The number of benzene rings is 2. The van der Waals surface area contributed by atoms with Crippen molar-refractivity contribution in [3.8, 4) is 5.75 Å². The highest BCUT2D eigenvalue weighted by Crippen LogP contribution is 2.36. The number of hydrogen-bond acceptors (Lipinski definition) is 5. The van der Waals surface area contributed by atoms with Gasteiger partial charge in [0.25, 0.3) is 15.9 Å². The summed E-state index contributed by atoms with van der Waals surface area (Å²) in [4.78, 5) is 18.6. The van der Waals surface area contributed by atoms with Gasteiger partial charge in [-0.15, -0.1) is 0 Å². The molecule has 2 heterocycles. The molecule has 1 amide bonds. The van der Waals surface area contributed by atoms with Gasteiger partial charge in [0.15, 0.2) is 0 Å². The average molecular weight is 619 g/mol. The lowest BCUT2D eigenvalue weighted by atomic mass is 9.94. The van der Waals surface area contributed by atoms with Crippen LogP contribution in [-0.2, 0) is 35.7 Å². The van der Waals surface area contributed by atoms with E-state index >= 15 is 0 Å². The van der Waals surface area contributed by atoms with Gasteiger partial charge in [-0.1, -0.05) is 44.2 Å². The minimum absolute atomic E-state index is 0.0468. The molecule has 3 aromatic rings. The van der Waals surface area contributed by atoms with Crippen molar-refractivity contribution < 1.29 is 31.1 Å². The highest BCUT2D eigenvalue weighted by Gasteiger charge is 2.32.